The molecule has 2 aliphatic heterocycles. The second-order valence-corrected chi connectivity index (χ2v) is 3.63. The van der Waals surface area contributed by atoms with E-state index >= 15 is 0 Å². The van der Waals surface area contributed by atoms with Crippen LogP contribution in [0.1, 0.15) is 19.8 Å². The van der Waals surface area contributed by atoms with Gasteiger partial charge in [0.05, 0.1) is 12.8 Å². The highest BCUT2D eigenvalue weighted by molar-refractivity contribution is 5.80. The van der Waals surface area contributed by atoms with Crippen molar-refractivity contribution in [3.05, 3.63) is 12.3 Å². The lowest BCUT2D eigenvalue weighted by Gasteiger charge is -2.31. The van der Waals surface area contributed by atoms with Gasteiger partial charge in [-0.1, -0.05) is 0 Å². The molecule has 2 atom stereocenters. The van der Waals surface area contributed by atoms with Crippen LogP contribution in [0.15, 0.2) is 12.3 Å². The number of amides is 1. The van der Waals surface area contributed by atoms with Crippen molar-refractivity contribution >= 4 is 5.91 Å². The van der Waals surface area contributed by atoms with E-state index in [0.717, 1.165) is 19.4 Å². The molecule has 2 rings (SSSR count). The van der Waals surface area contributed by atoms with E-state index < -0.39 is 0 Å². The number of ether oxygens (including phenoxy) is 1. The Morgan fingerprint density at radius 3 is 3.21 bits per heavy atom. The average Bonchev–Trinajstić information content (AvgIpc) is 2.61. The summed E-state index contributed by atoms with van der Waals surface area (Å²) in [6.07, 6.45) is 5.96. The highest BCUT2D eigenvalue weighted by Crippen LogP contribution is 2.19. The molecule has 2 unspecified atom stereocenters. The molecular formula is C10H16N2O2. The minimum absolute atomic E-state index is 0.0671. The fraction of sp³-hybridized carbons (Fsp3) is 0.700. The van der Waals surface area contributed by atoms with Gasteiger partial charge in [-0.05, 0) is 25.8 Å². The van der Waals surface area contributed by atoms with Gasteiger partial charge in [0, 0.05) is 6.54 Å². The van der Waals surface area contributed by atoms with E-state index in [1.54, 1.807) is 6.26 Å². The van der Waals surface area contributed by atoms with Crippen LogP contribution in [0.3, 0.4) is 0 Å². The fourth-order valence-electron chi connectivity index (χ4n) is 2.05. The van der Waals surface area contributed by atoms with E-state index in [-0.39, 0.29) is 18.2 Å². The Bertz CT molecular complexity index is 253. The Hall–Kier alpha value is -1.03. The van der Waals surface area contributed by atoms with E-state index in [2.05, 4.69) is 5.32 Å². The number of rotatable bonds is 2. The van der Waals surface area contributed by atoms with E-state index in [1.165, 1.54) is 0 Å². The van der Waals surface area contributed by atoms with Gasteiger partial charge in [-0.3, -0.25) is 10.1 Å². The van der Waals surface area contributed by atoms with Crippen LogP contribution in [0, 0.1) is 0 Å². The van der Waals surface area contributed by atoms with E-state index in [1.807, 2.05) is 17.9 Å². The van der Waals surface area contributed by atoms with Crippen molar-refractivity contribution in [3.8, 4) is 0 Å². The number of carbonyl (C=O) groups is 1. The summed E-state index contributed by atoms with van der Waals surface area (Å²) in [5, 5.41) is 3.19. The minimum Gasteiger partial charge on any atom is -0.495 e. The van der Waals surface area contributed by atoms with Crippen molar-refractivity contribution in [1.82, 2.24) is 10.2 Å². The number of hydrogen-bond donors (Lipinski definition) is 1. The zero-order chi connectivity index (χ0) is 9.97. The van der Waals surface area contributed by atoms with Crippen LogP contribution >= 0.6 is 0 Å². The Kier molecular flexibility index (Phi) is 2.72. The number of allylic oxidation sites excluding steroid dienone is 1. The first-order valence-corrected chi connectivity index (χ1v) is 5.16. The monoisotopic (exact) mass is 196 g/mol. The number of hydrogen-bond acceptors (Lipinski definition) is 3. The molecule has 0 aromatic carbocycles. The number of nitrogens with one attached hydrogen (secondary N) is 1. The summed E-state index contributed by atoms with van der Waals surface area (Å²) < 4.78 is 5.51. The third-order valence-electron chi connectivity index (χ3n) is 2.78. The van der Waals surface area contributed by atoms with Crippen LogP contribution in [0.4, 0.5) is 0 Å². The van der Waals surface area contributed by atoms with Crippen molar-refractivity contribution in [2.24, 2.45) is 0 Å². The molecule has 2 aliphatic rings. The molecule has 4 heteroatoms. The number of nitrogens with zero attached hydrogens (tertiary/aromatic N) is 1. The molecule has 0 aromatic rings. The van der Waals surface area contributed by atoms with Gasteiger partial charge in [-0.15, -0.1) is 0 Å². The highest BCUT2D eigenvalue weighted by Gasteiger charge is 2.36. The smallest absolute Gasteiger partial charge is 0.237 e. The summed E-state index contributed by atoms with van der Waals surface area (Å²) in [7, 11) is 0. The van der Waals surface area contributed by atoms with E-state index in [9.17, 15) is 4.79 Å². The van der Waals surface area contributed by atoms with E-state index in [0.29, 0.717) is 6.54 Å². The molecular weight excluding hydrogens is 180 g/mol. The molecule has 0 bridgehead atoms. The molecule has 0 aliphatic carbocycles. The van der Waals surface area contributed by atoms with Crippen molar-refractivity contribution in [1.29, 1.82) is 0 Å². The quantitative estimate of drug-likeness (QED) is 0.697. The van der Waals surface area contributed by atoms with Crippen LogP contribution in [-0.2, 0) is 9.53 Å². The Morgan fingerprint density at radius 1 is 1.71 bits per heavy atom. The molecule has 2 heterocycles. The maximum atomic E-state index is 11.4. The highest BCUT2D eigenvalue weighted by atomic mass is 16.5. The van der Waals surface area contributed by atoms with Gasteiger partial charge < -0.3 is 9.64 Å². The average molecular weight is 196 g/mol. The predicted octanol–water partition coefficient (Wildman–Crippen LogP) is 0.457. The first-order valence-electron chi connectivity index (χ1n) is 5.16. The summed E-state index contributed by atoms with van der Waals surface area (Å²) in [6.45, 7) is 3.19. The molecule has 0 radical (unpaired) electrons. The molecule has 1 amide bonds. The normalized spacial score (nSPS) is 32.1. The molecule has 4 nitrogen and oxygen atoms in total. The van der Waals surface area contributed by atoms with Gasteiger partial charge in [-0.2, -0.15) is 0 Å². The largest absolute Gasteiger partial charge is 0.495 e. The predicted molar refractivity (Wildman–Crippen MR) is 52.4 cm³/mol. The molecule has 1 fully saturated rings. The van der Waals surface area contributed by atoms with Crippen molar-refractivity contribution < 1.29 is 9.53 Å². The summed E-state index contributed by atoms with van der Waals surface area (Å²) >= 11 is 0. The molecule has 1 saturated heterocycles. The van der Waals surface area contributed by atoms with Gasteiger partial charge >= 0.3 is 0 Å². The van der Waals surface area contributed by atoms with Crippen LogP contribution < -0.4 is 5.32 Å². The minimum atomic E-state index is 0.0671. The Balaban J connectivity index is 2.02. The number of carbonyl (C=O) groups excluding carboxylic acids is 1. The summed E-state index contributed by atoms with van der Waals surface area (Å²) in [5.41, 5.74) is 0. The maximum Gasteiger partial charge on any atom is 0.237 e. The first kappa shape index (κ1) is 9.52. The van der Waals surface area contributed by atoms with Crippen molar-refractivity contribution in [2.75, 3.05) is 13.1 Å². The number of likely N-dealkylation sites (N-methyl/N-ethyl adjacent to an activating group) is 1. The summed E-state index contributed by atoms with van der Waals surface area (Å²) in [4.78, 5) is 13.3. The van der Waals surface area contributed by atoms with E-state index in [4.69, 9.17) is 4.74 Å². The maximum absolute atomic E-state index is 11.4. The van der Waals surface area contributed by atoms with Crippen molar-refractivity contribution in [2.45, 2.75) is 32.0 Å². The second kappa shape index (κ2) is 4.00. The molecule has 0 saturated carbocycles. The lowest BCUT2D eigenvalue weighted by molar-refractivity contribution is -0.129. The standard InChI is InChI=1S/C10H16N2O2/c1-2-12-9(13)7-11-10(12)8-5-3-4-6-14-8/h4,6,8,10-11H,2-3,5,7H2,1H3. The molecule has 0 spiro atoms. The van der Waals surface area contributed by atoms with Crippen LogP contribution in [0.2, 0.25) is 0 Å². The van der Waals surface area contributed by atoms with Crippen molar-refractivity contribution in [3.63, 3.8) is 0 Å². The van der Waals surface area contributed by atoms with Crippen LogP contribution in [-0.4, -0.2) is 36.2 Å². The Labute approximate surface area is 83.9 Å². The Morgan fingerprint density at radius 2 is 2.57 bits per heavy atom. The third kappa shape index (κ3) is 1.62. The molecule has 78 valence electrons. The van der Waals surface area contributed by atoms with Gasteiger partial charge in [-0.25, -0.2) is 0 Å². The third-order valence-corrected chi connectivity index (χ3v) is 2.78. The zero-order valence-electron chi connectivity index (χ0n) is 8.40. The zero-order valence-corrected chi connectivity index (χ0v) is 8.40. The SMILES string of the molecule is CCN1C(=O)CNC1C1CCC=CO1. The van der Waals surface area contributed by atoms with Crippen LogP contribution in [0.5, 0.6) is 0 Å². The molecule has 14 heavy (non-hydrogen) atoms. The first-order chi connectivity index (χ1) is 6.83. The lowest BCUT2D eigenvalue weighted by Crippen LogP contribution is -2.47. The molecule has 1 N–H and O–H groups in total. The summed E-state index contributed by atoms with van der Waals surface area (Å²) in [6, 6.07) is 0. The van der Waals surface area contributed by atoms with Gasteiger partial charge in [0.25, 0.3) is 0 Å². The second-order valence-electron chi connectivity index (χ2n) is 3.63. The lowest BCUT2D eigenvalue weighted by atomic mass is 10.1. The van der Waals surface area contributed by atoms with Gasteiger partial charge in [0.15, 0.2) is 0 Å². The van der Waals surface area contributed by atoms with Gasteiger partial charge in [0.1, 0.15) is 12.3 Å². The topological polar surface area (TPSA) is 41.6 Å². The molecule has 0 aromatic heterocycles. The van der Waals surface area contributed by atoms with Crippen LogP contribution in [0.25, 0.3) is 0 Å². The summed E-state index contributed by atoms with van der Waals surface area (Å²) in [5.74, 6) is 0.177. The van der Waals surface area contributed by atoms with Gasteiger partial charge in [0.2, 0.25) is 5.91 Å². The fourth-order valence-corrected chi connectivity index (χ4v) is 2.05.